The first-order valence-corrected chi connectivity index (χ1v) is 24.4. The van der Waals surface area contributed by atoms with E-state index >= 15 is 0 Å². The highest BCUT2D eigenvalue weighted by Crippen LogP contribution is 2.41. The number of thioether (sulfide) groups is 1. The van der Waals surface area contributed by atoms with Crippen LogP contribution in [0.2, 0.25) is 0 Å². The molecular formula is C56H50O15S. The minimum Gasteiger partial charge on any atom is -0.459 e. The highest BCUT2D eigenvalue weighted by Gasteiger charge is 2.58. The third-order valence-electron chi connectivity index (χ3n) is 12.0. The predicted molar refractivity (Wildman–Crippen MR) is 260 cm³/mol. The Balaban J connectivity index is 1.15. The molecule has 370 valence electrons. The molecule has 0 saturated carbocycles. The molecule has 0 radical (unpaired) electrons. The van der Waals surface area contributed by atoms with Crippen LogP contribution in [-0.4, -0.2) is 109 Å². The van der Waals surface area contributed by atoms with Crippen molar-refractivity contribution in [1.29, 1.82) is 0 Å². The molecule has 0 amide bonds. The van der Waals surface area contributed by atoms with E-state index in [2.05, 4.69) is 0 Å². The van der Waals surface area contributed by atoms with Gasteiger partial charge in [0.2, 0.25) is 0 Å². The number of rotatable bonds is 16. The molecule has 3 saturated heterocycles. The van der Waals surface area contributed by atoms with Gasteiger partial charge in [-0.1, -0.05) is 128 Å². The lowest BCUT2D eigenvalue weighted by Crippen LogP contribution is -2.67. The highest BCUT2D eigenvalue weighted by molar-refractivity contribution is 7.99. The van der Waals surface area contributed by atoms with Gasteiger partial charge in [-0.05, 0) is 66.4 Å². The van der Waals surface area contributed by atoms with Gasteiger partial charge in [-0.15, -0.1) is 11.8 Å². The van der Waals surface area contributed by atoms with Crippen LogP contribution < -0.4 is 0 Å². The molecule has 16 heteroatoms. The Kier molecular flexibility index (Phi) is 16.5. The lowest BCUT2D eigenvalue weighted by molar-refractivity contribution is -0.375. The van der Waals surface area contributed by atoms with Crippen LogP contribution in [0.25, 0.3) is 0 Å². The molecule has 3 fully saturated rings. The maximum Gasteiger partial charge on any atom is 0.338 e. The van der Waals surface area contributed by atoms with Crippen molar-refractivity contribution in [2.75, 3.05) is 19.0 Å². The molecule has 0 spiro atoms. The van der Waals surface area contributed by atoms with Crippen LogP contribution in [0.15, 0.2) is 182 Å². The van der Waals surface area contributed by atoms with Crippen molar-refractivity contribution >= 4 is 41.6 Å². The number of fused-ring (bicyclic) bond motifs is 1. The Bertz CT molecular complexity index is 2740. The molecule has 0 bridgehead atoms. The van der Waals surface area contributed by atoms with Crippen molar-refractivity contribution in [3.8, 4) is 0 Å². The SMILES string of the molecule is CCS[C@@H]1OC(COC(=O)c2ccccc2)[C@H](O[C@@H]2OC3COC(c4ccccc4)O[C@@H]3[C@H](OC(=O)c3ccccc3)C2OC(=O)c2ccccc2)[C@H](OC(=O)c2ccccc2)C1OC(=O)c1ccccc1. The number of esters is 5. The Morgan fingerprint density at radius 1 is 0.472 bits per heavy atom. The fraction of sp³-hybridized carbons (Fsp3) is 0.268. The van der Waals surface area contributed by atoms with E-state index in [1.54, 1.807) is 152 Å². The number of hydrogen-bond donors (Lipinski definition) is 0. The van der Waals surface area contributed by atoms with Crippen LogP contribution in [0.5, 0.6) is 0 Å². The van der Waals surface area contributed by atoms with E-state index in [0.717, 1.165) is 0 Å². The lowest BCUT2D eigenvalue weighted by Gasteiger charge is -2.50. The van der Waals surface area contributed by atoms with Gasteiger partial charge in [0.25, 0.3) is 0 Å². The second-order valence-corrected chi connectivity index (χ2v) is 18.1. The van der Waals surface area contributed by atoms with E-state index in [-0.39, 0.29) is 34.4 Å². The Morgan fingerprint density at radius 3 is 1.36 bits per heavy atom. The van der Waals surface area contributed by atoms with Gasteiger partial charge in [0, 0.05) is 5.56 Å². The first-order chi connectivity index (χ1) is 35.2. The van der Waals surface area contributed by atoms with Gasteiger partial charge in [-0.3, -0.25) is 0 Å². The summed E-state index contributed by atoms with van der Waals surface area (Å²) in [7, 11) is 0. The summed E-state index contributed by atoms with van der Waals surface area (Å²) in [5.74, 6) is -3.45. The third-order valence-corrected chi connectivity index (χ3v) is 13.0. The molecule has 72 heavy (non-hydrogen) atoms. The molecule has 6 aromatic carbocycles. The highest BCUT2D eigenvalue weighted by atomic mass is 32.2. The van der Waals surface area contributed by atoms with Crippen LogP contribution in [0.4, 0.5) is 0 Å². The molecule has 0 aromatic heterocycles. The summed E-state index contributed by atoms with van der Waals surface area (Å²) in [6.07, 6.45) is -13.7. The molecule has 5 unspecified atom stereocenters. The maximum atomic E-state index is 14.3. The molecule has 9 rings (SSSR count). The van der Waals surface area contributed by atoms with E-state index in [1.165, 1.54) is 11.8 Å². The van der Waals surface area contributed by atoms with E-state index in [0.29, 0.717) is 11.3 Å². The smallest absolute Gasteiger partial charge is 0.338 e. The minimum absolute atomic E-state index is 0.124. The van der Waals surface area contributed by atoms with E-state index < -0.39 is 103 Å². The van der Waals surface area contributed by atoms with Crippen molar-refractivity contribution < 1.29 is 71.3 Å². The summed E-state index contributed by atoms with van der Waals surface area (Å²) in [5.41, 5.74) is 0.568. The van der Waals surface area contributed by atoms with Crippen LogP contribution in [0, 0.1) is 0 Å². The van der Waals surface area contributed by atoms with Crippen molar-refractivity contribution in [2.24, 2.45) is 0 Å². The zero-order chi connectivity index (χ0) is 49.8. The zero-order valence-electron chi connectivity index (χ0n) is 38.8. The molecule has 3 heterocycles. The molecule has 3 aliphatic heterocycles. The Hall–Kier alpha value is -7.18. The van der Waals surface area contributed by atoms with Gasteiger partial charge >= 0.3 is 29.8 Å². The number of carbonyl (C=O) groups excluding carboxylic acids is 5. The number of carbonyl (C=O) groups is 5. The van der Waals surface area contributed by atoms with Crippen LogP contribution >= 0.6 is 11.8 Å². The van der Waals surface area contributed by atoms with E-state index in [9.17, 15) is 24.0 Å². The second kappa shape index (κ2) is 23.8. The van der Waals surface area contributed by atoms with E-state index in [1.807, 2.05) is 37.3 Å². The second-order valence-electron chi connectivity index (χ2n) is 16.7. The fourth-order valence-electron chi connectivity index (χ4n) is 8.46. The topological polar surface area (TPSA) is 178 Å². The fourth-order valence-corrected chi connectivity index (χ4v) is 9.41. The van der Waals surface area contributed by atoms with Gasteiger partial charge in [-0.25, -0.2) is 24.0 Å². The molecule has 6 aromatic rings. The molecule has 0 aliphatic carbocycles. The summed E-state index contributed by atoms with van der Waals surface area (Å²) in [5, 5.41) is 0. The quantitative estimate of drug-likeness (QED) is 0.0666. The Labute approximate surface area is 419 Å². The predicted octanol–water partition coefficient (Wildman–Crippen LogP) is 8.45. The first kappa shape index (κ1) is 49.8. The first-order valence-electron chi connectivity index (χ1n) is 23.4. The van der Waals surface area contributed by atoms with E-state index in [4.69, 9.17) is 47.4 Å². The van der Waals surface area contributed by atoms with Crippen LogP contribution in [-0.2, 0) is 47.4 Å². The zero-order valence-corrected chi connectivity index (χ0v) is 39.6. The van der Waals surface area contributed by atoms with Gasteiger partial charge < -0.3 is 47.4 Å². The number of ether oxygens (including phenoxy) is 10. The van der Waals surface area contributed by atoms with Gasteiger partial charge in [0.1, 0.15) is 36.5 Å². The largest absolute Gasteiger partial charge is 0.459 e. The minimum atomic E-state index is -1.70. The number of hydrogen-bond acceptors (Lipinski definition) is 16. The molecule has 3 aliphatic rings. The molecule has 11 atom stereocenters. The third kappa shape index (κ3) is 11.9. The van der Waals surface area contributed by atoms with Crippen molar-refractivity contribution in [3.05, 3.63) is 215 Å². The summed E-state index contributed by atoms with van der Waals surface area (Å²) in [6.45, 7) is 1.26. The standard InChI is InChI=1S/C56H50O15S/c1-2-72-56-48(69-53(61)39-29-17-7-18-30-39)46(67-51(59)37-25-13-5-14-26-37)44(42(65-56)33-62-49(57)35-21-9-3-10-22-35)71-55-47(68-52(60)38-27-15-6-16-28-38)45(66-50(58)36-23-11-4-12-24-36)43-41(64-55)34-63-54(70-43)40-31-19-8-20-32-40/h3-32,41-48,54-56H,2,33-34H2,1H3/t41?,42?,43-,44-,45-,46-,47?,48?,54?,55-,56-/m0/s1. The summed E-state index contributed by atoms with van der Waals surface area (Å²) < 4.78 is 64.6. The monoisotopic (exact) mass is 994 g/mol. The molecular weight excluding hydrogens is 945 g/mol. The average molecular weight is 995 g/mol. The van der Waals surface area contributed by atoms with Gasteiger partial charge in [-0.2, -0.15) is 0 Å². The van der Waals surface area contributed by atoms with Crippen molar-refractivity contribution in [3.63, 3.8) is 0 Å². The summed E-state index contributed by atoms with van der Waals surface area (Å²) in [6, 6.07) is 50.2. The number of benzene rings is 6. The Morgan fingerprint density at radius 2 is 0.889 bits per heavy atom. The maximum absolute atomic E-state index is 14.3. The van der Waals surface area contributed by atoms with Gasteiger partial charge in [0.05, 0.1) is 34.4 Å². The average Bonchev–Trinajstić information content (AvgIpc) is 3.43. The summed E-state index contributed by atoms with van der Waals surface area (Å²) >= 11 is 1.25. The van der Waals surface area contributed by atoms with Crippen LogP contribution in [0.1, 0.15) is 70.6 Å². The normalized spacial score (nSPS) is 25.7. The molecule has 15 nitrogen and oxygen atoms in total. The van der Waals surface area contributed by atoms with Crippen LogP contribution in [0.3, 0.4) is 0 Å². The summed E-state index contributed by atoms with van der Waals surface area (Å²) in [4.78, 5) is 70.6. The molecule has 0 N–H and O–H groups in total. The van der Waals surface area contributed by atoms with Crippen molar-refractivity contribution in [1.82, 2.24) is 0 Å². The lowest BCUT2D eigenvalue weighted by atomic mass is 9.95. The van der Waals surface area contributed by atoms with Crippen molar-refractivity contribution in [2.45, 2.75) is 73.8 Å². The van der Waals surface area contributed by atoms with Gasteiger partial charge in [0.15, 0.2) is 37.0 Å².